The fourth-order valence-electron chi connectivity index (χ4n) is 2.21. The van der Waals surface area contributed by atoms with Crippen LogP contribution in [0.1, 0.15) is 15.9 Å². The lowest BCUT2D eigenvalue weighted by Gasteiger charge is -2.20. The molecule has 0 saturated heterocycles. The van der Waals surface area contributed by atoms with E-state index in [-0.39, 0.29) is 18.4 Å². The summed E-state index contributed by atoms with van der Waals surface area (Å²) in [4.78, 5) is 23.8. The topological polar surface area (TPSA) is 67.4 Å². The molecule has 0 aromatic heterocycles. The van der Waals surface area contributed by atoms with Crippen molar-refractivity contribution >= 4 is 23.2 Å². The Labute approximate surface area is 121 Å². The van der Waals surface area contributed by atoms with Crippen LogP contribution in [0, 0.1) is 6.92 Å². The Morgan fingerprint density at radius 2 is 2.05 bits per heavy atom. The van der Waals surface area contributed by atoms with Gasteiger partial charge in [0.1, 0.15) is 5.75 Å². The number of nitrogens with one attached hydrogen (secondary N) is 2. The quantitative estimate of drug-likeness (QED) is 0.889. The summed E-state index contributed by atoms with van der Waals surface area (Å²) in [6.45, 7) is 1.92. The molecule has 0 radical (unpaired) electrons. The van der Waals surface area contributed by atoms with Crippen molar-refractivity contribution in [1.82, 2.24) is 0 Å². The number of amides is 2. The number of aryl methyl sites for hydroxylation is 1. The largest absolute Gasteiger partial charge is 0.482 e. The van der Waals surface area contributed by atoms with Crippen LogP contribution in [0.5, 0.6) is 5.75 Å². The van der Waals surface area contributed by atoms with Crippen molar-refractivity contribution in [2.45, 2.75) is 6.92 Å². The predicted octanol–water partition coefficient (Wildman–Crippen LogP) is 2.58. The van der Waals surface area contributed by atoms with Crippen molar-refractivity contribution in [3.8, 4) is 5.75 Å². The summed E-state index contributed by atoms with van der Waals surface area (Å²) in [5.41, 5.74) is 2.56. The Kier molecular flexibility index (Phi) is 3.31. The van der Waals surface area contributed by atoms with Crippen LogP contribution in [0.4, 0.5) is 11.4 Å². The molecule has 5 heteroatoms. The van der Waals surface area contributed by atoms with Gasteiger partial charge in [-0.2, -0.15) is 0 Å². The number of ether oxygens (including phenoxy) is 1. The Balaban J connectivity index is 1.90. The molecule has 0 saturated carbocycles. The molecule has 2 N–H and O–H groups in total. The molecule has 0 fully saturated rings. The molecule has 2 amide bonds. The first-order valence-corrected chi connectivity index (χ1v) is 6.57. The van der Waals surface area contributed by atoms with E-state index < -0.39 is 0 Å². The number of benzene rings is 2. The van der Waals surface area contributed by atoms with Crippen molar-refractivity contribution in [2.75, 3.05) is 17.2 Å². The van der Waals surface area contributed by atoms with Gasteiger partial charge in [-0.1, -0.05) is 18.2 Å². The Hall–Kier alpha value is -2.82. The standard InChI is InChI=1S/C16H14N2O3/c1-10-4-2-5-11(8-10)17-16(20)12-6-3-7-13-15(12)18-14(19)9-21-13/h2-8H,9H2,1H3,(H,17,20)(H,18,19). The van der Waals surface area contributed by atoms with Gasteiger partial charge in [-0.15, -0.1) is 0 Å². The fourth-order valence-corrected chi connectivity index (χ4v) is 2.21. The Morgan fingerprint density at radius 1 is 1.24 bits per heavy atom. The summed E-state index contributed by atoms with van der Waals surface area (Å²) in [6.07, 6.45) is 0. The van der Waals surface area contributed by atoms with Gasteiger partial charge in [-0.3, -0.25) is 9.59 Å². The fraction of sp³-hybridized carbons (Fsp3) is 0.125. The second-order valence-electron chi connectivity index (χ2n) is 4.84. The second kappa shape index (κ2) is 5.28. The maximum atomic E-state index is 12.4. The molecule has 106 valence electrons. The SMILES string of the molecule is Cc1cccc(NC(=O)c2cccc3c2NC(=O)CO3)c1. The van der Waals surface area contributed by atoms with Gasteiger partial charge in [-0.05, 0) is 36.8 Å². The zero-order valence-electron chi connectivity index (χ0n) is 11.5. The first kappa shape index (κ1) is 13.2. The van der Waals surface area contributed by atoms with E-state index in [2.05, 4.69) is 10.6 Å². The molecule has 1 aliphatic rings. The van der Waals surface area contributed by atoms with Crippen molar-refractivity contribution in [2.24, 2.45) is 0 Å². The van der Waals surface area contributed by atoms with E-state index in [0.717, 1.165) is 5.56 Å². The van der Waals surface area contributed by atoms with Gasteiger partial charge in [0.2, 0.25) is 0 Å². The molecule has 0 bridgehead atoms. The molecular formula is C16H14N2O3. The lowest BCUT2D eigenvalue weighted by Crippen LogP contribution is -2.27. The minimum atomic E-state index is -0.289. The minimum Gasteiger partial charge on any atom is -0.482 e. The lowest BCUT2D eigenvalue weighted by molar-refractivity contribution is -0.118. The van der Waals surface area contributed by atoms with E-state index in [0.29, 0.717) is 22.7 Å². The first-order chi connectivity index (χ1) is 10.1. The summed E-state index contributed by atoms with van der Waals surface area (Å²) in [6, 6.07) is 12.6. The van der Waals surface area contributed by atoms with Gasteiger partial charge in [0, 0.05) is 5.69 Å². The highest BCUT2D eigenvalue weighted by molar-refractivity contribution is 6.11. The van der Waals surface area contributed by atoms with Gasteiger partial charge in [0.25, 0.3) is 11.8 Å². The van der Waals surface area contributed by atoms with Crippen molar-refractivity contribution in [3.63, 3.8) is 0 Å². The molecule has 5 nitrogen and oxygen atoms in total. The van der Waals surface area contributed by atoms with Crippen molar-refractivity contribution in [1.29, 1.82) is 0 Å². The molecule has 21 heavy (non-hydrogen) atoms. The van der Waals surface area contributed by atoms with Crippen molar-refractivity contribution < 1.29 is 14.3 Å². The summed E-state index contributed by atoms with van der Waals surface area (Å²) in [7, 11) is 0. The van der Waals surface area contributed by atoms with Crippen LogP contribution in [0.2, 0.25) is 0 Å². The van der Waals surface area contributed by atoms with Crippen LogP contribution in [0.25, 0.3) is 0 Å². The van der Waals surface area contributed by atoms with Crippen molar-refractivity contribution in [3.05, 3.63) is 53.6 Å². The highest BCUT2D eigenvalue weighted by Crippen LogP contribution is 2.31. The average molecular weight is 282 g/mol. The Bertz CT molecular complexity index is 725. The van der Waals surface area contributed by atoms with Crippen LogP contribution in [0.15, 0.2) is 42.5 Å². The summed E-state index contributed by atoms with van der Waals surface area (Å²) in [5, 5.41) is 5.50. The number of para-hydroxylation sites is 1. The highest BCUT2D eigenvalue weighted by atomic mass is 16.5. The average Bonchev–Trinajstić information content (AvgIpc) is 2.46. The third-order valence-electron chi connectivity index (χ3n) is 3.17. The number of carbonyl (C=O) groups excluding carboxylic acids is 2. The van der Waals surface area contributed by atoms with Gasteiger partial charge < -0.3 is 15.4 Å². The van der Waals surface area contributed by atoms with Gasteiger partial charge in [0.15, 0.2) is 6.61 Å². The zero-order chi connectivity index (χ0) is 14.8. The molecule has 2 aromatic carbocycles. The lowest BCUT2D eigenvalue weighted by atomic mass is 10.1. The number of rotatable bonds is 2. The molecule has 2 aromatic rings. The third-order valence-corrected chi connectivity index (χ3v) is 3.17. The van der Waals surface area contributed by atoms with Crippen LogP contribution < -0.4 is 15.4 Å². The highest BCUT2D eigenvalue weighted by Gasteiger charge is 2.22. The predicted molar refractivity (Wildman–Crippen MR) is 79.7 cm³/mol. The number of hydrogen-bond donors (Lipinski definition) is 2. The molecule has 0 atom stereocenters. The zero-order valence-corrected chi connectivity index (χ0v) is 11.5. The van der Waals surface area contributed by atoms with E-state index in [1.807, 2.05) is 31.2 Å². The maximum Gasteiger partial charge on any atom is 0.262 e. The van der Waals surface area contributed by atoms with E-state index in [4.69, 9.17) is 4.74 Å². The van der Waals surface area contributed by atoms with E-state index >= 15 is 0 Å². The van der Waals surface area contributed by atoms with Crippen LogP contribution in [-0.2, 0) is 4.79 Å². The first-order valence-electron chi connectivity index (χ1n) is 6.57. The smallest absolute Gasteiger partial charge is 0.262 e. The molecule has 0 aliphatic carbocycles. The van der Waals surface area contributed by atoms with Crippen LogP contribution >= 0.6 is 0 Å². The molecule has 0 spiro atoms. The summed E-state index contributed by atoms with van der Waals surface area (Å²) >= 11 is 0. The molecule has 1 aliphatic heterocycles. The molecule has 1 heterocycles. The summed E-state index contributed by atoms with van der Waals surface area (Å²) in [5.74, 6) is -0.0481. The summed E-state index contributed by atoms with van der Waals surface area (Å²) < 4.78 is 5.30. The Morgan fingerprint density at radius 3 is 2.86 bits per heavy atom. The number of fused-ring (bicyclic) bond motifs is 1. The van der Waals surface area contributed by atoms with E-state index in [9.17, 15) is 9.59 Å². The monoisotopic (exact) mass is 282 g/mol. The normalized spacial score (nSPS) is 12.9. The number of anilines is 2. The van der Waals surface area contributed by atoms with Gasteiger partial charge in [0.05, 0.1) is 11.3 Å². The van der Waals surface area contributed by atoms with Crippen LogP contribution in [0.3, 0.4) is 0 Å². The van der Waals surface area contributed by atoms with Gasteiger partial charge in [-0.25, -0.2) is 0 Å². The van der Waals surface area contributed by atoms with Gasteiger partial charge >= 0.3 is 0 Å². The maximum absolute atomic E-state index is 12.4. The number of carbonyl (C=O) groups is 2. The second-order valence-corrected chi connectivity index (χ2v) is 4.84. The molecule has 0 unspecified atom stereocenters. The molecular weight excluding hydrogens is 268 g/mol. The van der Waals surface area contributed by atoms with E-state index in [1.54, 1.807) is 18.2 Å². The van der Waals surface area contributed by atoms with Crippen LogP contribution in [-0.4, -0.2) is 18.4 Å². The number of hydrogen-bond acceptors (Lipinski definition) is 3. The molecule has 3 rings (SSSR count). The van der Waals surface area contributed by atoms with E-state index in [1.165, 1.54) is 0 Å². The third kappa shape index (κ3) is 2.72. The minimum absolute atomic E-state index is 0.0318.